The molecule has 0 radical (unpaired) electrons. The van der Waals surface area contributed by atoms with Gasteiger partial charge in [-0.25, -0.2) is 8.78 Å². The van der Waals surface area contributed by atoms with Crippen LogP contribution in [0.1, 0.15) is 20.8 Å². The van der Waals surface area contributed by atoms with Gasteiger partial charge in [0.1, 0.15) is 5.92 Å². The first-order valence-corrected chi connectivity index (χ1v) is 5.06. The van der Waals surface area contributed by atoms with Crippen LogP contribution in [-0.2, 0) is 9.59 Å². The molecular weight excluding hydrogens is 258 g/mol. The molecule has 0 aliphatic rings. The molecule has 2 N–H and O–H groups in total. The van der Waals surface area contributed by atoms with Gasteiger partial charge in [-0.3, -0.25) is 9.59 Å². The molecule has 0 fully saturated rings. The van der Waals surface area contributed by atoms with E-state index >= 15 is 0 Å². The first kappa shape index (κ1) is 16.7. The lowest BCUT2D eigenvalue weighted by Gasteiger charge is -2.26. The molecule has 8 heteroatoms. The van der Waals surface area contributed by atoms with Crippen LogP contribution in [0.15, 0.2) is 0 Å². The molecule has 1 amide bonds. The number of hydrogen-bond donors (Lipinski definition) is 2. The summed E-state index contributed by atoms with van der Waals surface area (Å²) in [6.07, 6.45) is -3.92. The van der Waals surface area contributed by atoms with Crippen molar-refractivity contribution in [1.82, 2.24) is 5.32 Å². The van der Waals surface area contributed by atoms with Crippen LogP contribution in [0.2, 0.25) is 0 Å². The largest absolute Gasteiger partial charge is 0.481 e. The van der Waals surface area contributed by atoms with E-state index in [1.807, 2.05) is 0 Å². The summed E-state index contributed by atoms with van der Waals surface area (Å²) in [6.45, 7) is 2.69. The van der Waals surface area contributed by atoms with Crippen molar-refractivity contribution in [3.05, 3.63) is 0 Å². The van der Waals surface area contributed by atoms with E-state index in [1.165, 1.54) is 20.8 Å². The highest BCUT2D eigenvalue weighted by Gasteiger charge is 2.43. The molecule has 0 saturated carbocycles. The van der Waals surface area contributed by atoms with Gasteiger partial charge in [0, 0.05) is 0 Å². The second kappa shape index (κ2) is 5.53. The van der Waals surface area contributed by atoms with Crippen molar-refractivity contribution in [3.63, 3.8) is 0 Å². The fourth-order valence-electron chi connectivity index (χ4n) is 1.26. The number of carbonyl (C=O) groups is 2. The van der Waals surface area contributed by atoms with Crippen molar-refractivity contribution < 1.29 is 32.3 Å². The second-order valence-electron chi connectivity index (χ2n) is 4.92. The molecule has 0 rings (SSSR count). The Balaban J connectivity index is 4.71. The van der Waals surface area contributed by atoms with Crippen molar-refractivity contribution >= 4 is 11.9 Å². The van der Waals surface area contributed by atoms with E-state index in [2.05, 4.69) is 0 Å². The van der Waals surface area contributed by atoms with Gasteiger partial charge < -0.3 is 10.4 Å². The summed E-state index contributed by atoms with van der Waals surface area (Å²) in [5.74, 6) is -8.68. The monoisotopic (exact) mass is 273 g/mol. The van der Waals surface area contributed by atoms with Crippen molar-refractivity contribution in [2.24, 2.45) is 11.3 Å². The normalized spacial score (nSPS) is 14.4. The van der Waals surface area contributed by atoms with Crippen LogP contribution in [0, 0.1) is 11.3 Å². The molecule has 0 saturated heterocycles. The van der Waals surface area contributed by atoms with Gasteiger partial charge in [0.2, 0.25) is 5.91 Å². The Labute approximate surface area is 101 Å². The topological polar surface area (TPSA) is 66.4 Å². The van der Waals surface area contributed by atoms with Gasteiger partial charge in [-0.1, -0.05) is 20.8 Å². The fraction of sp³-hybridized carbons (Fsp3) is 0.800. The Kier molecular flexibility index (Phi) is 5.12. The molecule has 0 aliphatic heterocycles. The summed E-state index contributed by atoms with van der Waals surface area (Å²) in [5.41, 5.74) is -1.02. The molecule has 1 unspecified atom stereocenters. The number of carbonyl (C=O) groups excluding carboxylic acids is 1. The summed E-state index contributed by atoms with van der Waals surface area (Å²) >= 11 is 0. The number of carboxylic acids is 1. The Morgan fingerprint density at radius 3 is 1.94 bits per heavy atom. The lowest BCUT2D eigenvalue weighted by atomic mass is 9.80. The van der Waals surface area contributed by atoms with Crippen LogP contribution in [0.25, 0.3) is 0 Å². The molecule has 0 spiro atoms. The number of alkyl halides is 4. The predicted octanol–water partition coefficient (Wildman–Crippen LogP) is 1.75. The number of rotatable bonds is 5. The third kappa shape index (κ3) is 4.50. The number of amides is 1. The van der Waals surface area contributed by atoms with E-state index in [0.717, 1.165) is 0 Å². The van der Waals surface area contributed by atoms with Crippen LogP contribution in [0.3, 0.4) is 0 Å². The third-order valence-corrected chi connectivity index (χ3v) is 2.19. The van der Waals surface area contributed by atoms with Crippen molar-refractivity contribution in [3.8, 4) is 0 Å². The Morgan fingerprint density at radius 1 is 1.22 bits per heavy atom. The van der Waals surface area contributed by atoms with E-state index in [0.29, 0.717) is 0 Å². The van der Waals surface area contributed by atoms with Crippen LogP contribution in [0.5, 0.6) is 0 Å². The van der Waals surface area contributed by atoms with E-state index in [-0.39, 0.29) is 0 Å². The van der Waals surface area contributed by atoms with E-state index in [9.17, 15) is 27.2 Å². The summed E-state index contributed by atoms with van der Waals surface area (Å²) < 4.78 is 48.8. The zero-order valence-corrected chi connectivity index (χ0v) is 10.1. The summed E-state index contributed by atoms with van der Waals surface area (Å²) in [4.78, 5) is 22.3. The van der Waals surface area contributed by atoms with Crippen molar-refractivity contribution in [1.29, 1.82) is 0 Å². The highest BCUT2D eigenvalue weighted by molar-refractivity contribution is 5.97. The molecule has 0 aromatic heterocycles. The molecule has 18 heavy (non-hydrogen) atoms. The average Bonchev–Trinajstić information content (AvgIpc) is 2.11. The highest BCUT2D eigenvalue weighted by atomic mass is 19.3. The second-order valence-corrected chi connectivity index (χ2v) is 4.92. The van der Waals surface area contributed by atoms with Crippen molar-refractivity contribution in [2.75, 3.05) is 6.54 Å². The lowest BCUT2D eigenvalue weighted by Crippen LogP contribution is -2.48. The molecule has 0 aromatic rings. The van der Waals surface area contributed by atoms with Gasteiger partial charge >= 0.3 is 18.3 Å². The quantitative estimate of drug-likeness (QED) is 0.592. The SMILES string of the molecule is CC(C)(C)C(C(=O)O)C(=O)NCC(F)(F)C(F)F. The van der Waals surface area contributed by atoms with Gasteiger partial charge in [0.15, 0.2) is 0 Å². The van der Waals surface area contributed by atoms with Gasteiger partial charge in [0.25, 0.3) is 0 Å². The maximum atomic E-state index is 12.6. The lowest BCUT2D eigenvalue weighted by molar-refractivity contribution is -0.154. The maximum absolute atomic E-state index is 12.6. The standard InChI is InChI=1S/C10H15F4NO3/c1-9(2,3)5(7(17)18)6(16)15-4-10(13,14)8(11)12/h5,8H,4H2,1-3H3,(H,15,16)(H,17,18). The third-order valence-electron chi connectivity index (χ3n) is 2.19. The van der Waals surface area contributed by atoms with Gasteiger partial charge in [-0.05, 0) is 5.41 Å². The molecule has 0 heterocycles. The first-order chi connectivity index (χ1) is 7.89. The van der Waals surface area contributed by atoms with Gasteiger partial charge in [0.05, 0.1) is 6.54 Å². The Hall–Kier alpha value is -1.34. The maximum Gasteiger partial charge on any atom is 0.324 e. The van der Waals surface area contributed by atoms with Crippen LogP contribution >= 0.6 is 0 Å². The number of carboxylic acid groups (broad SMARTS) is 1. The first-order valence-electron chi connectivity index (χ1n) is 5.06. The molecule has 106 valence electrons. The Bertz CT molecular complexity index is 326. The van der Waals surface area contributed by atoms with E-state index in [1.54, 1.807) is 5.32 Å². The van der Waals surface area contributed by atoms with Crippen LogP contribution in [0.4, 0.5) is 17.6 Å². The Morgan fingerprint density at radius 2 is 1.67 bits per heavy atom. The molecule has 0 bridgehead atoms. The van der Waals surface area contributed by atoms with Gasteiger partial charge in [-0.15, -0.1) is 0 Å². The smallest absolute Gasteiger partial charge is 0.324 e. The van der Waals surface area contributed by atoms with E-state index in [4.69, 9.17) is 5.11 Å². The average molecular weight is 273 g/mol. The van der Waals surface area contributed by atoms with Crippen LogP contribution in [-0.4, -0.2) is 35.9 Å². The minimum atomic E-state index is -4.38. The molecular formula is C10H15F4NO3. The summed E-state index contributed by atoms with van der Waals surface area (Å²) in [5, 5.41) is 10.4. The minimum Gasteiger partial charge on any atom is -0.481 e. The van der Waals surface area contributed by atoms with Crippen LogP contribution < -0.4 is 5.32 Å². The number of aliphatic carboxylic acids is 1. The zero-order valence-electron chi connectivity index (χ0n) is 10.1. The molecule has 1 atom stereocenters. The number of halogens is 4. The predicted molar refractivity (Wildman–Crippen MR) is 54.5 cm³/mol. The molecule has 4 nitrogen and oxygen atoms in total. The fourth-order valence-corrected chi connectivity index (χ4v) is 1.26. The summed E-state index contributed by atoms with van der Waals surface area (Å²) in [6, 6.07) is 0. The van der Waals surface area contributed by atoms with E-state index < -0.39 is 42.1 Å². The van der Waals surface area contributed by atoms with Gasteiger partial charge in [-0.2, -0.15) is 8.78 Å². The molecule has 0 aromatic carbocycles. The summed E-state index contributed by atoms with van der Waals surface area (Å²) in [7, 11) is 0. The minimum absolute atomic E-state index is 1.02. The highest BCUT2D eigenvalue weighted by Crippen LogP contribution is 2.27. The zero-order chi connectivity index (χ0) is 14.7. The van der Waals surface area contributed by atoms with Crippen molar-refractivity contribution in [2.45, 2.75) is 33.1 Å². The number of hydrogen-bond acceptors (Lipinski definition) is 2. The molecule has 0 aliphatic carbocycles. The number of nitrogens with one attached hydrogen (secondary N) is 1.